The molecule has 0 unspecified atom stereocenters. The first-order valence-corrected chi connectivity index (χ1v) is 7.81. The van der Waals surface area contributed by atoms with E-state index in [-0.39, 0.29) is 5.91 Å². The Morgan fingerprint density at radius 1 is 1.27 bits per heavy atom. The van der Waals surface area contributed by atoms with Crippen LogP contribution in [0.3, 0.4) is 0 Å². The van der Waals surface area contributed by atoms with Gasteiger partial charge in [0.15, 0.2) is 0 Å². The van der Waals surface area contributed by atoms with Crippen LogP contribution in [0.4, 0.5) is 0 Å². The highest BCUT2D eigenvalue weighted by Gasteiger charge is 2.39. The highest BCUT2D eigenvalue weighted by Crippen LogP contribution is 2.28. The zero-order valence-corrected chi connectivity index (χ0v) is 12.7. The molecule has 22 heavy (non-hydrogen) atoms. The fourth-order valence-corrected chi connectivity index (χ4v) is 3.53. The maximum atomic E-state index is 12.5. The van der Waals surface area contributed by atoms with Crippen LogP contribution in [0.25, 0.3) is 11.3 Å². The fraction of sp³-hybridized carbons (Fsp3) is 0.375. The maximum absolute atomic E-state index is 12.5. The van der Waals surface area contributed by atoms with Crippen molar-refractivity contribution in [3.63, 3.8) is 0 Å². The molecule has 1 N–H and O–H groups in total. The van der Waals surface area contributed by atoms with E-state index in [2.05, 4.69) is 10.5 Å². The molecule has 1 aromatic carbocycles. The Kier molecular flexibility index (Phi) is 3.39. The minimum Gasteiger partial charge on any atom is -0.350 e. The van der Waals surface area contributed by atoms with Crippen LogP contribution in [0, 0.1) is 11.8 Å². The van der Waals surface area contributed by atoms with Gasteiger partial charge in [0.25, 0.3) is 5.91 Å². The van der Waals surface area contributed by atoms with Crippen molar-refractivity contribution in [1.82, 2.24) is 15.4 Å². The van der Waals surface area contributed by atoms with Gasteiger partial charge in [-0.1, -0.05) is 28.9 Å². The average molecular weight is 318 g/mol. The summed E-state index contributed by atoms with van der Waals surface area (Å²) in [5, 5.41) is 8.00. The van der Waals surface area contributed by atoms with Crippen LogP contribution >= 0.6 is 11.6 Å². The highest BCUT2D eigenvalue weighted by atomic mass is 35.5. The van der Waals surface area contributed by atoms with E-state index in [1.807, 2.05) is 17.0 Å². The Hall–Kier alpha value is -1.85. The molecule has 4 rings (SSSR count). The summed E-state index contributed by atoms with van der Waals surface area (Å²) in [6, 6.07) is 9.04. The molecule has 0 bridgehead atoms. The molecule has 0 saturated carbocycles. The number of hydrogen-bond donors (Lipinski definition) is 1. The zero-order chi connectivity index (χ0) is 15.1. The van der Waals surface area contributed by atoms with Gasteiger partial charge in [0.2, 0.25) is 5.76 Å². The van der Waals surface area contributed by atoms with Crippen LogP contribution in [0.15, 0.2) is 34.9 Å². The Labute approximate surface area is 133 Å². The number of carbonyl (C=O) groups excluding carboxylic acids is 1. The second-order valence-corrected chi connectivity index (χ2v) is 6.41. The van der Waals surface area contributed by atoms with Gasteiger partial charge in [-0.2, -0.15) is 0 Å². The monoisotopic (exact) mass is 317 g/mol. The molecule has 2 aliphatic rings. The van der Waals surface area contributed by atoms with Crippen LogP contribution in [0.5, 0.6) is 0 Å². The predicted octanol–water partition coefficient (Wildman–Crippen LogP) is 2.29. The summed E-state index contributed by atoms with van der Waals surface area (Å²) in [7, 11) is 0. The van der Waals surface area contributed by atoms with E-state index in [1.165, 1.54) is 0 Å². The number of nitrogens with one attached hydrogen (secondary N) is 1. The topological polar surface area (TPSA) is 58.4 Å². The van der Waals surface area contributed by atoms with Crippen molar-refractivity contribution in [2.75, 3.05) is 26.2 Å². The molecule has 2 fully saturated rings. The summed E-state index contributed by atoms with van der Waals surface area (Å²) < 4.78 is 5.26. The van der Waals surface area contributed by atoms with Crippen molar-refractivity contribution >= 4 is 17.5 Å². The minimum atomic E-state index is -0.0739. The SMILES string of the molecule is O=C(c1cc(-c2cccc(Cl)c2)no1)N1C[C@H]2CNC[C@H]2C1. The first-order chi connectivity index (χ1) is 10.7. The summed E-state index contributed by atoms with van der Waals surface area (Å²) >= 11 is 5.98. The smallest absolute Gasteiger partial charge is 0.292 e. The number of nitrogens with zero attached hydrogens (tertiary/aromatic N) is 2. The first-order valence-electron chi connectivity index (χ1n) is 7.43. The van der Waals surface area contributed by atoms with Crippen molar-refractivity contribution in [2.24, 2.45) is 11.8 Å². The third kappa shape index (κ3) is 2.40. The standard InChI is InChI=1S/C16H16ClN3O2/c17-13-3-1-2-10(4-13)14-5-15(22-19-14)16(21)20-8-11-6-18-7-12(11)9-20/h1-5,11-12,18H,6-9H2/t11-,12+. The lowest BCUT2D eigenvalue weighted by molar-refractivity contribution is 0.0740. The Morgan fingerprint density at radius 3 is 2.77 bits per heavy atom. The lowest BCUT2D eigenvalue weighted by atomic mass is 10.0. The molecule has 6 heteroatoms. The van der Waals surface area contributed by atoms with Crippen LogP contribution < -0.4 is 5.32 Å². The van der Waals surface area contributed by atoms with E-state index in [1.54, 1.807) is 18.2 Å². The second-order valence-electron chi connectivity index (χ2n) is 5.98. The molecule has 2 saturated heterocycles. The Morgan fingerprint density at radius 2 is 2.05 bits per heavy atom. The van der Waals surface area contributed by atoms with Crippen molar-refractivity contribution in [3.05, 3.63) is 41.1 Å². The van der Waals surface area contributed by atoms with E-state index in [0.717, 1.165) is 31.7 Å². The fourth-order valence-electron chi connectivity index (χ4n) is 3.34. The third-order valence-electron chi connectivity index (χ3n) is 4.52. The van der Waals surface area contributed by atoms with Crippen LogP contribution in [0.2, 0.25) is 5.02 Å². The largest absolute Gasteiger partial charge is 0.350 e. The van der Waals surface area contributed by atoms with Crippen LogP contribution in [-0.2, 0) is 0 Å². The molecule has 1 amide bonds. The number of benzene rings is 1. The minimum absolute atomic E-state index is 0.0739. The zero-order valence-electron chi connectivity index (χ0n) is 12.0. The lowest BCUT2D eigenvalue weighted by Crippen LogP contribution is -2.31. The molecule has 5 nitrogen and oxygen atoms in total. The summed E-state index contributed by atoms with van der Waals surface area (Å²) in [5.41, 5.74) is 1.48. The van der Waals surface area contributed by atoms with E-state index < -0.39 is 0 Å². The second kappa shape index (κ2) is 5.41. The van der Waals surface area contributed by atoms with Crippen molar-refractivity contribution in [2.45, 2.75) is 0 Å². The Balaban J connectivity index is 1.53. The number of halogens is 1. The third-order valence-corrected chi connectivity index (χ3v) is 4.75. The number of aromatic nitrogens is 1. The average Bonchev–Trinajstić information content (AvgIpc) is 3.22. The summed E-state index contributed by atoms with van der Waals surface area (Å²) in [6.07, 6.45) is 0. The molecule has 0 radical (unpaired) electrons. The van der Waals surface area contributed by atoms with Gasteiger partial charge in [0, 0.05) is 42.8 Å². The normalized spacial score (nSPS) is 23.8. The molecule has 1 aromatic heterocycles. The van der Waals surface area contributed by atoms with Crippen molar-refractivity contribution in [1.29, 1.82) is 0 Å². The lowest BCUT2D eigenvalue weighted by Gasteiger charge is -2.15. The summed E-state index contributed by atoms with van der Waals surface area (Å²) in [6.45, 7) is 3.59. The molecule has 2 aliphatic heterocycles. The van der Waals surface area contributed by atoms with E-state index in [0.29, 0.717) is 28.3 Å². The van der Waals surface area contributed by atoms with Gasteiger partial charge >= 0.3 is 0 Å². The first kappa shape index (κ1) is 13.8. The van der Waals surface area contributed by atoms with Crippen molar-refractivity contribution < 1.29 is 9.32 Å². The van der Waals surface area contributed by atoms with E-state index >= 15 is 0 Å². The molecule has 114 valence electrons. The van der Waals surface area contributed by atoms with Gasteiger partial charge in [-0.3, -0.25) is 4.79 Å². The summed E-state index contributed by atoms with van der Waals surface area (Å²) in [5.74, 6) is 1.36. The highest BCUT2D eigenvalue weighted by molar-refractivity contribution is 6.30. The van der Waals surface area contributed by atoms with Gasteiger partial charge in [-0.25, -0.2) is 0 Å². The number of fused-ring (bicyclic) bond motifs is 1. The number of likely N-dealkylation sites (tertiary alicyclic amines) is 1. The van der Waals surface area contributed by atoms with Gasteiger partial charge < -0.3 is 14.7 Å². The van der Waals surface area contributed by atoms with Crippen LogP contribution in [-0.4, -0.2) is 42.1 Å². The molecular formula is C16H16ClN3O2. The number of amides is 1. The Bertz CT molecular complexity index is 703. The molecule has 2 atom stereocenters. The van der Waals surface area contributed by atoms with E-state index in [9.17, 15) is 4.79 Å². The van der Waals surface area contributed by atoms with Gasteiger partial charge in [-0.05, 0) is 24.0 Å². The van der Waals surface area contributed by atoms with E-state index in [4.69, 9.17) is 16.1 Å². The van der Waals surface area contributed by atoms with Gasteiger partial charge in [0.1, 0.15) is 5.69 Å². The van der Waals surface area contributed by atoms with Crippen molar-refractivity contribution in [3.8, 4) is 11.3 Å². The molecular weight excluding hydrogens is 302 g/mol. The number of hydrogen-bond acceptors (Lipinski definition) is 4. The molecule has 0 aliphatic carbocycles. The predicted molar refractivity (Wildman–Crippen MR) is 82.7 cm³/mol. The van der Waals surface area contributed by atoms with Gasteiger partial charge in [-0.15, -0.1) is 0 Å². The number of carbonyl (C=O) groups is 1. The molecule has 0 spiro atoms. The molecule has 2 aromatic rings. The van der Waals surface area contributed by atoms with Gasteiger partial charge in [0.05, 0.1) is 0 Å². The van der Waals surface area contributed by atoms with Crippen LogP contribution in [0.1, 0.15) is 10.6 Å². The number of rotatable bonds is 2. The maximum Gasteiger partial charge on any atom is 0.292 e. The quantitative estimate of drug-likeness (QED) is 0.923. The summed E-state index contributed by atoms with van der Waals surface area (Å²) in [4.78, 5) is 14.4. The molecule has 3 heterocycles.